The molecule has 0 radical (unpaired) electrons. The summed E-state index contributed by atoms with van der Waals surface area (Å²) in [5.74, 6) is 1.38. The molecular formula is C8H14N4O. The van der Waals surface area contributed by atoms with Crippen molar-refractivity contribution in [2.45, 2.75) is 0 Å². The number of nitrogens with zero attached hydrogens (tertiary/aromatic N) is 3. The van der Waals surface area contributed by atoms with Gasteiger partial charge < -0.3 is 15.4 Å². The lowest BCUT2D eigenvalue weighted by atomic mass is 10.5. The average molecular weight is 182 g/mol. The summed E-state index contributed by atoms with van der Waals surface area (Å²) in [5, 5.41) is 0. The van der Waals surface area contributed by atoms with Crippen molar-refractivity contribution in [2.24, 2.45) is 5.73 Å². The van der Waals surface area contributed by atoms with Crippen molar-refractivity contribution >= 4 is 5.82 Å². The van der Waals surface area contributed by atoms with E-state index in [0.29, 0.717) is 19.0 Å². The van der Waals surface area contributed by atoms with E-state index in [1.54, 1.807) is 6.07 Å². The van der Waals surface area contributed by atoms with Crippen molar-refractivity contribution in [2.75, 3.05) is 32.1 Å². The molecule has 13 heavy (non-hydrogen) atoms. The molecule has 1 aromatic heterocycles. The van der Waals surface area contributed by atoms with Gasteiger partial charge in [-0.15, -0.1) is 0 Å². The van der Waals surface area contributed by atoms with Crippen LogP contribution < -0.4 is 15.4 Å². The summed E-state index contributed by atoms with van der Waals surface area (Å²) in [4.78, 5) is 9.88. The van der Waals surface area contributed by atoms with E-state index in [0.717, 1.165) is 5.82 Å². The first-order valence-corrected chi connectivity index (χ1v) is 4.06. The Labute approximate surface area is 77.5 Å². The fraction of sp³-hybridized carbons (Fsp3) is 0.500. The molecule has 0 bridgehead atoms. The Morgan fingerprint density at radius 1 is 1.46 bits per heavy atom. The van der Waals surface area contributed by atoms with Crippen LogP contribution in [0, 0.1) is 0 Å². The van der Waals surface area contributed by atoms with E-state index in [1.807, 2.05) is 19.0 Å². The first-order valence-electron chi connectivity index (χ1n) is 4.06. The van der Waals surface area contributed by atoms with E-state index in [4.69, 9.17) is 10.5 Å². The van der Waals surface area contributed by atoms with Gasteiger partial charge in [-0.05, 0) is 0 Å². The number of aromatic nitrogens is 2. The molecule has 0 saturated carbocycles. The summed E-state index contributed by atoms with van der Waals surface area (Å²) >= 11 is 0. The predicted molar refractivity (Wildman–Crippen MR) is 50.9 cm³/mol. The van der Waals surface area contributed by atoms with Crippen LogP contribution >= 0.6 is 0 Å². The van der Waals surface area contributed by atoms with Crippen LogP contribution in [0.25, 0.3) is 0 Å². The van der Waals surface area contributed by atoms with Crippen molar-refractivity contribution in [1.29, 1.82) is 0 Å². The Bertz CT molecular complexity index is 264. The summed E-state index contributed by atoms with van der Waals surface area (Å²) in [5.41, 5.74) is 5.30. The number of hydrogen-bond donors (Lipinski definition) is 1. The molecule has 0 saturated heterocycles. The zero-order valence-corrected chi connectivity index (χ0v) is 7.90. The molecular weight excluding hydrogens is 168 g/mol. The highest BCUT2D eigenvalue weighted by Gasteiger charge is 2.00. The summed E-state index contributed by atoms with van der Waals surface area (Å²) in [7, 11) is 3.82. The third-order valence-electron chi connectivity index (χ3n) is 1.45. The van der Waals surface area contributed by atoms with Crippen molar-refractivity contribution in [3.8, 4) is 5.88 Å². The van der Waals surface area contributed by atoms with Crippen molar-refractivity contribution in [3.05, 3.63) is 12.4 Å². The molecule has 72 valence electrons. The maximum atomic E-state index is 5.30. The lowest BCUT2D eigenvalue weighted by Crippen LogP contribution is -2.13. The molecule has 5 nitrogen and oxygen atoms in total. The summed E-state index contributed by atoms with van der Waals surface area (Å²) in [6.07, 6.45) is 1.47. The Balaban J connectivity index is 2.68. The minimum atomic E-state index is 0.476. The third-order valence-corrected chi connectivity index (χ3v) is 1.45. The van der Waals surface area contributed by atoms with Crippen molar-refractivity contribution in [3.63, 3.8) is 0 Å². The number of hydrogen-bond acceptors (Lipinski definition) is 5. The maximum absolute atomic E-state index is 5.30. The van der Waals surface area contributed by atoms with E-state index in [9.17, 15) is 0 Å². The highest BCUT2D eigenvalue weighted by Crippen LogP contribution is 2.12. The molecule has 0 aliphatic rings. The van der Waals surface area contributed by atoms with E-state index in [1.165, 1.54) is 6.33 Å². The van der Waals surface area contributed by atoms with Crippen LogP contribution in [0.4, 0.5) is 5.82 Å². The lowest BCUT2D eigenvalue weighted by Gasteiger charge is -2.11. The summed E-state index contributed by atoms with van der Waals surface area (Å²) in [6, 6.07) is 1.77. The lowest BCUT2D eigenvalue weighted by molar-refractivity contribution is 0.315. The highest BCUT2D eigenvalue weighted by molar-refractivity contribution is 5.38. The molecule has 1 heterocycles. The molecule has 0 fully saturated rings. The molecule has 1 rings (SSSR count). The molecule has 0 aliphatic carbocycles. The van der Waals surface area contributed by atoms with Gasteiger partial charge in [0.15, 0.2) is 0 Å². The predicted octanol–water partition coefficient (Wildman–Crippen LogP) is -0.120. The monoisotopic (exact) mass is 182 g/mol. The second kappa shape index (κ2) is 4.61. The van der Waals surface area contributed by atoms with Crippen LogP contribution in [-0.2, 0) is 0 Å². The molecule has 2 N–H and O–H groups in total. The minimum absolute atomic E-state index is 0.476. The minimum Gasteiger partial charge on any atom is -0.476 e. The second-order valence-corrected chi connectivity index (χ2v) is 2.75. The summed E-state index contributed by atoms with van der Waals surface area (Å²) in [6.45, 7) is 0.963. The van der Waals surface area contributed by atoms with Crippen LogP contribution in [0.1, 0.15) is 0 Å². The van der Waals surface area contributed by atoms with Crippen molar-refractivity contribution in [1.82, 2.24) is 9.97 Å². The fourth-order valence-electron chi connectivity index (χ4n) is 0.817. The van der Waals surface area contributed by atoms with E-state index >= 15 is 0 Å². The Morgan fingerprint density at radius 2 is 2.23 bits per heavy atom. The van der Waals surface area contributed by atoms with Gasteiger partial charge in [-0.1, -0.05) is 0 Å². The van der Waals surface area contributed by atoms with Crippen LogP contribution in [0.5, 0.6) is 5.88 Å². The quantitative estimate of drug-likeness (QED) is 0.703. The van der Waals surface area contributed by atoms with Crippen LogP contribution in [-0.4, -0.2) is 37.2 Å². The first-order chi connectivity index (χ1) is 6.24. The largest absolute Gasteiger partial charge is 0.476 e. The van der Waals surface area contributed by atoms with Gasteiger partial charge in [0.25, 0.3) is 0 Å². The van der Waals surface area contributed by atoms with Crippen LogP contribution in [0.15, 0.2) is 12.4 Å². The molecule has 5 heteroatoms. The molecule has 0 spiro atoms. The van der Waals surface area contributed by atoms with Gasteiger partial charge in [-0.3, -0.25) is 0 Å². The van der Waals surface area contributed by atoms with E-state index in [-0.39, 0.29) is 0 Å². The second-order valence-electron chi connectivity index (χ2n) is 2.75. The maximum Gasteiger partial charge on any atom is 0.218 e. The average Bonchev–Trinajstić information content (AvgIpc) is 2.15. The normalized spacial score (nSPS) is 9.77. The van der Waals surface area contributed by atoms with Gasteiger partial charge in [-0.2, -0.15) is 0 Å². The fourth-order valence-corrected chi connectivity index (χ4v) is 0.817. The molecule has 0 atom stereocenters. The Morgan fingerprint density at radius 3 is 2.85 bits per heavy atom. The zero-order chi connectivity index (χ0) is 9.68. The standard InChI is InChI=1S/C8H14N4O/c1-12(2)7-5-8(11-6-10-7)13-4-3-9/h5-6H,3-4,9H2,1-2H3. The van der Waals surface area contributed by atoms with Crippen molar-refractivity contribution < 1.29 is 4.74 Å². The number of rotatable bonds is 4. The van der Waals surface area contributed by atoms with E-state index < -0.39 is 0 Å². The van der Waals surface area contributed by atoms with Gasteiger partial charge in [0.1, 0.15) is 18.8 Å². The zero-order valence-electron chi connectivity index (χ0n) is 7.90. The highest BCUT2D eigenvalue weighted by atomic mass is 16.5. The number of anilines is 1. The van der Waals surface area contributed by atoms with Gasteiger partial charge >= 0.3 is 0 Å². The van der Waals surface area contributed by atoms with Gasteiger partial charge in [-0.25, -0.2) is 9.97 Å². The molecule has 0 aliphatic heterocycles. The Hall–Kier alpha value is -1.36. The number of nitrogens with two attached hydrogens (primary N) is 1. The number of ether oxygens (including phenoxy) is 1. The van der Waals surface area contributed by atoms with Crippen LogP contribution in [0.2, 0.25) is 0 Å². The third kappa shape index (κ3) is 2.87. The van der Waals surface area contributed by atoms with Crippen LogP contribution in [0.3, 0.4) is 0 Å². The van der Waals surface area contributed by atoms with Gasteiger partial charge in [0.2, 0.25) is 5.88 Å². The van der Waals surface area contributed by atoms with E-state index in [2.05, 4.69) is 9.97 Å². The first kappa shape index (κ1) is 9.73. The molecule has 1 aromatic rings. The smallest absolute Gasteiger partial charge is 0.218 e. The molecule has 0 unspecified atom stereocenters. The Kier molecular flexibility index (Phi) is 3.45. The molecule has 0 aromatic carbocycles. The SMILES string of the molecule is CN(C)c1cc(OCCN)ncn1. The summed E-state index contributed by atoms with van der Waals surface area (Å²) < 4.78 is 5.24. The molecule has 0 amide bonds. The van der Waals surface area contributed by atoms with Gasteiger partial charge in [0.05, 0.1) is 0 Å². The van der Waals surface area contributed by atoms with Gasteiger partial charge in [0, 0.05) is 26.7 Å². The topological polar surface area (TPSA) is 64.3 Å².